The van der Waals surface area contributed by atoms with E-state index in [-0.39, 0.29) is 0 Å². The summed E-state index contributed by atoms with van der Waals surface area (Å²) in [6, 6.07) is 10.5. The Balaban J connectivity index is 2.46. The predicted molar refractivity (Wildman–Crippen MR) is 60.1 cm³/mol. The van der Waals surface area contributed by atoms with Crippen molar-refractivity contribution in [1.29, 1.82) is 0 Å². The van der Waals surface area contributed by atoms with Crippen molar-refractivity contribution >= 4 is 0 Å². The van der Waals surface area contributed by atoms with Gasteiger partial charge in [0.15, 0.2) is 0 Å². The fraction of sp³-hybridized carbons (Fsp3) is 0.0909. The predicted octanol–water partition coefficient (Wildman–Crippen LogP) is 0.0422. The van der Waals surface area contributed by atoms with Gasteiger partial charge in [0.25, 0.3) is 5.56 Å². The Morgan fingerprint density at radius 2 is 1.81 bits per heavy atom. The van der Waals surface area contributed by atoms with Crippen molar-refractivity contribution < 1.29 is 0 Å². The number of H-pyrrole nitrogens is 1. The zero-order chi connectivity index (χ0) is 11.5. The van der Waals surface area contributed by atoms with Crippen LogP contribution in [0.4, 0.5) is 0 Å². The Bertz CT molecular complexity index is 586. The minimum atomic E-state index is -0.592. The molecular weight excluding hydrogens is 206 g/mol. The van der Waals surface area contributed by atoms with Gasteiger partial charge in [-0.15, -0.1) is 0 Å². The molecule has 1 atom stereocenters. The van der Waals surface area contributed by atoms with Crippen molar-refractivity contribution in [3.05, 3.63) is 69.0 Å². The average molecular weight is 217 g/mol. The van der Waals surface area contributed by atoms with Gasteiger partial charge in [-0.2, -0.15) is 0 Å². The summed E-state index contributed by atoms with van der Waals surface area (Å²) in [4.78, 5) is 24.5. The number of benzene rings is 1. The lowest BCUT2D eigenvalue weighted by molar-refractivity contribution is 0.570. The molecule has 1 heterocycles. The molecule has 0 fully saturated rings. The molecular formula is C11H11N3O2. The molecule has 0 aliphatic carbocycles. The van der Waals surface area contributed by atoms with Gasteiger partial charge in [0.1, 0.15) is 6.17 Å². The van der Waals surface area contributed by atoms with Crippen molar-refractivity contribution in [2.45, 2.75) is 6.17 Å². The zero-order valence-electron chi connectivity index (χ0n) is 8.46. The highest BCUT2D eigenvalue weighted by atomic mass is 16.2. The van der Waals surface area contributed by atoms with Crippen LogP contribution in [0.25, 0.3) is 0 Å². The van der Waals surface area contributed by atoms with E-state index in [0.29, 0.717) is 0 Å². The highest BCUT2D eigenvalue weighted by Crippen LogP contribution is 2.08. The second kappa shape index (κ2) is 4.16. The quantitative estimate of drug-likeness (QED) is 0.745. The van der Waals surface area contributed by atoms with Crippen LogP contribution in [0.15, 0.2) is 52.2 Å². The topological polar surface area (TPSA) is 80.9 Å². The van der Waals surface area contributed by atoms with Gasteiger partial charge in [-0.05, 0) is 5.56 Å². The Morgan fingerprint density at radius 3 is 2.44 bits per heavy atom. The van der Waals surface area contributed by atoms with Crippen LogP contribution >= 0.6 is 0 Å². The Labute approximate surface area is 91.2 Å². The molecule has 82 valence electrons. The highest BCUT2D eigenvalue weighted by molar-refractivity contribution is 5.18. The Morgan fingerprint density at radius 1 is 1.12 bits per heavy atom. The Hall–Kier alpha value is -2.14. The van der Waals surface area contributed by atoms with Crippen molar-refractivity contribution in [3.8, 4) is 0 Å². The smallest absolute Gasteiger partial charge is 0.307 e. The molecule has 1 aromatic heterocycles. The molecule has 3 N–H and O–H groups in total. The first-order valence-electron chi connectivity index (χ1n) is 4.80. The molecule has 0 saturated carbocycles. The summed E-state index contributed by atoms with van der Waals surface area (Å²) in [7, 11) is 0. The number of nitrogens with zero attached hydrogens (tertiary/aromatic N) is 1. The van der Waals surface area contributed by atoms with Gasteiger partial charge in [0.05, 0.1) is 0 Å². The standard InChI is InChI=1S/C11H11N3O2/c12-10(8-4-2-1-3-5-8)14-7-6-9(15)13-11(14)16/h1-7,10H,12H2,(H,13,15,16). The first-order valence-corrected chi connectivity index (χ1v) is 4.80. The normalized spacial score (nSPS) is 12.3. The van der Waals surface area contributed by atoms with Gasteiger partial charge in [-0.25, -0.2) is 4.79 Å². The number of nitrogens with one attached hydrogen (secondary N) is 1. The molecule has 5 nitrogen and oxygen atoms in total. The molecule has 5 heteroatoms. The minimum Gasteiger partial charge on any atom is -0.307 e. The van der Waals surface area contributed by atoms with Crippen LogP contribution in [0.3, 0.4) is 0 Å². The highest BCUT2D eigenvalue weighted by Gasteiger charge is 2.08. The Kier molecular flexibility index (Phi) is 2.70. The van der Waals surface area contributed by atoms with Crippen LogP contribution in [-0.2, 0) is 0 Å². The molecule has 0 aliphatic rings. The van der Waals surface area contributed by atoms with Crippen molar-refractivity contribution in [1.82, 2.24) is 9.55 Å². The summed E-state index contributed by atoms with van der Waals surface area (Å²) in [5.41, 5.74) is 5.77. The fourth-order valence-corrected chi connectivity index (χ4v) is 1.46. The molecule has 2 aromatic rings. The first-order chi connectivity index (χ1) is 7.68. The summed E-state index contributed by atoms with van der Waals surface area (Å²) in [6.45, 7) is 0. The van der Waals surface area contributed by atoms with E-state index >= 15 is 0 Å². The largest absolute Gasteiger partial charge is 0.329 e. The molecule has 0 spiro atoms. The lowest BCUT2D eigenvalue weighted by atomic mass is 10.2. The molecule has 0 bridgehead atoms. The summed E-state index contributed by atoms with van der Waals surface area (Å²) < 4.78 is 1.27. The monoisotopic (exact) mass is 217 g/mol. The lowest BCUT2D eigenvalue weighted by Gasteiger charge is -2.14. The zero-order valence-corrected chi connectivity index (χ0v) is 8.46. The van der Waals surface area contributed by atoms with Crippen molar-refractivity contribution in [2.24, 2.45) is 5.73 Å². The number of aromatic amines is 1. The summed E-state index contributed by atoms with van der Waals surface area (Å²) in [5.74, 6) is 0. The third kappa shape index (κ3) is 1.94. The summed E-state index contributed by atoms with van der Waals surface area (Å²) >= 11 is 0. The van der Waals surface area contributed by atoms with Gasteiger partial charge in [0.2, 0.25) is 0 Å². The van der Waals surface area contributed by atoms with Gasteiger partial charge < -0.3 is 5.73 Å². The lowest BCUT2D eigenvalue weighted by Crippen LogP contribution is -2.35. The van der Waals surface area contributed by atoms with Crippen LogP contribution in [0.1, 0.15) is 11.7 Å². The van der Waals surface area contributed by atoms with Crippen molar-refractivity contribution in [3.63, 3.8) is 0 Å². The van der Waals surface area contributed by atoms with Crippen LogP contribution in [0, 0.1) is 0 Å². The third-order valence-electron chi connectivity index (χ3n) is 2.29. The van der Waals surface area contributed by atoms with E-state index in [9.17, 15) is 9.59 Å². The SMILES string of the molecule is NC(c1ccccc1)n1ccc(=O)[nH]c1=O. The van der Waals surface area contributed by atoms with E-state index in [1.807, 2.05) is 30.3 Å². The molecule has 2 rings (SSSR count). The molecule has 1 unspecified atom stereocenters. The fourth-order valence-electron chi connectivity index (χ4n) is 1.46. The number of hydrogen-bond acceptors (Lipinski definition) is 3. The maximum absolute atomic E-state index is 11.5. The van der Waals surface area contributed by atoms with E-state index in [2.05, 4.69) is 4.98 Å². The van der Waals surface area contributed by atoms with E-state index in [4.69, 9.17) is 5.73 Å². The molecule has 0 saturated heterocycles. The van der Waals surface area contributed by atoms with Crippen LogP contribution < -0.4 is 17.0 Å². The number of aromatic nitrogens is 2. The van der Waals surface area contributed by atoms with Gasteiger partial charge in [0, 0.05) is 12.3 Å². The molecule has 16 heavy (non-hydrogen) atoms. The molecule has 0 radical (unpaired) electrons. The van der Waals surface area contributed by atoms with E-state index in [1.165, 1.54) is 16.8 Å². The van der Waals surface area contributed by atoms with Crippen LogP contribution in [0.2, 0.25) is 0 Å². The molecule has 0 aliphatic heterocycles. The van der Waals surface area contributed by atoms with Gasteiger partial charge in [-0.3, -0.25) is 14.3 Å². The average Bonchev–Trinajstić information content (AvgIpc) is 2.29. The van der Waals surface area contributed by atoms with Crippen LogP contribution in [0.5, 0.6) is 0 Å². The minimum absolute atomic E-state index is 0.429. The summed E-state index contributed by atoms with van der Waals surface area (Å²) in [5, 5.41) is 0. The van der Waals surface area contributed by atoms with Gasteiger partial charge >= 0.3 is 5.69 Å². The number of hydrogen-bond donors (Lipinski definition) is 2. The van der Waals surface area contributed by atoms with Crippen LogP contribution in [-0.4, -0.2) is 9.55 Å². The van der Waals surface area contributed by atoms with Crippen molar-refractivity contribution in [2.75, 3.05) is 0 Å². The first kappa shape index (κ1) is 10.4. The van der Waals surface area contributed by atoms with Gasteiger partial charge in [-0.1, -0.05) is 30.3 Å². The maximum Gasteiger partial charge on any atom is 0.329 e. The number of rotatable bonds is 2. The second-order valence-corrected chi connectivity index (χ2v) is 3.37. The van der Waals surface area contributed by atoms with E-state index in [1.54, 1.807) is 0 Å². The third-order valence-corrected chi connectivity index (χ3v) is 2.29. The molecule has 1 aromatic carbocycles. The number of nitrogens with two attached hydrogens (primary N) is 1. The maximum atomic E-state index is 11.5. The summed E-state index contributed by atoms with van der Waals surface area (Å²) in [6.07, 6.45) is 0.796. The second-order valence-electron chi connectivity index (χ2n) is 3.37. The van der Waals surface area contributed by atoms with E-state index in [0.717, 1.165) is 5.56 Å². The van der Waals surface area contributed by atoms with E-state index < -0.39 is 17.4 Å². The molecule has 0 amide bonds.